The van der Waals surface area contributed by atoms with Crippen molar-refractivity contribution in [1.82, 2.24) is 40.4 Å². The first-order valence-corrected chi connectivity index (χ1v) is 21.2. The smallest absolute Gasteiger partial charge is 0.407 e. The lowest BCUT2D eigenvalue weighted by atomic mass is 10.0. The molecule has 2 fully saturated rings. The van der Waals surface area contributed by atoms with Crippen LogP contribution in [-0.4, -0.2) is 87.1 Å². The van der Waals surface area contributed by atoms with Crippen LogP contribution in [0.2, 0.25) is 0 Å². The third-order valence-electron chi connectivity index (χ3n) is 10.8. The van der Waals surface area contributed by atoms with E-state index in [1.165, 1.54) is 14.2 Å². The monoisotopic (exact) mass is 832 g/mol. The Morgan fingerprint density at radius 1 is 0.814 bits per heavy atom. The van der Waals surface area contributed by atoms with E-state index in [0.29, 0.717) is 24.5 Å². The average molecular weight is 833 g/mol. The molecule has 4 atom stereocenters. The number of hydrogen-bond donors (Lipinski definition) is 4. The highest BCUT2D eigenvalue weighted by atomic mass is 32.1. The fourth-order valence-corrected chi connectivity index (χ4v) is 10.1. The summed E-state index contributed by atoms with van der Waals surface area (Å²) >= 11 is 3.28. The highest BCUT2D eigenvalue weighted by Gasteiger charge is 2.39. The molecule has 0 saturated carbocycles. The van der Waals surface area contributed by atoms with Gasteiger partial charge < -0.3 is 39.9 Å². The van der Waals surface area contributed by atoms with Crippen LogP contribution in [0.3, 0.4) is 0 Å². The topological polar surface area (TPSA) is 175 Å². The van der Waals surface area contributed by atoms with Crippen molar-refractivity contribution in [2.75, 3.05) is 27.3 Å². The number of aromatic nitrogens is 4. The van der Waals surface area contributed by atoms with E-state index in [1.807, 2.05) is 73.5 Å². The van der Waals surface area contributed by atoms with E-state index in [-0.39, 0.29) is 29.8 Å². The second kappa shape index (κ2) is 17.0. The average Bonchev–Trinajstić information content (AvgIpc) is 4.10. The van der Waals surface area contributed by atoms with Crippen molar-refractivity contribution >= 4 is 67.1 Å². The molecule has 59 heavy (non-hydrogen) atoms. The zero-order chi connectivity index (χ0) is 41.2. The van der Waals surface area contributed by atoms with Crippen molar-refractivity contribution in [2.24, 2.45) is 5.92 Å². The number of nitrogens with one attached hydrogen (secondary N) is 4. The number of imidazole rings is 2. The summed E-state index contributed by atoms with van der Waals surface area (Å²) in [7, 11) is 2.57. The SMILES string of the molecule is COC(=O)N[C@H](C(=O)N1CCC[C@H]1c1ncc(-c2cc3sc(C#Cc4ccc5[nH]c(C6CCCN6C(=O)[C@H](NC(=O)OC)c6ccccc6)nc5c4)cc3s2)[nH]1)C(C)C. The number of aromatic amines is 2. The van der Waals surface area contributed by atoms with Crippen LogP contribution in [0.15, 0.2) is 66.9 Å². The Morgan fingerprint density at radius 3 is 2.22 bits per heavy atom. The number of methoxy groups -OCH3 is 2. The Balaban J connectivity index is 0.949. The number of H-pyrrole nitrogens is 2. The van der Waals surface area contributed by atoms with Gasteiger partial charge in [-0.05, 0) is 67.5 Å². The quantitative estimate of drug-likeness (QED) is 0.109. The Bertz CT molecular complexity index is 2550. The maximum Gasteiger partial charge on any atom is 0.407 e. The molecule has 8 rings (SSSR count). The normalized spacial score (nSPS) is 17.5. The number of nitrogens with zero attached hydrogens (tertiary/aromatic N) is 4. The van der Waals surface area contributed by atoms with Gasteiger partial charge >= 0.3 is 12.2 Å². The molecule has 6 aromatic rings. The molecule has 14 nitrogen and oxygen atoms in total. The van der Waals surface area contributed by atoms with Gasteiger partial charge in [0.05, 0.1) is 59.0 Å². The number of carbonyl (C=O) groups is 4. The van der Waals surface area contributed by atoms with Gasteiger partial charge in [-0.3, -0.25) is 9.59 Å². The molecular weight excluding hydrogens is 789 g/mol. The molecule has 0 aliphatic carbocycles. The highest BCUT2D eigenvalue weighted by molar-refractivity contribution is 7.29. The van der Waals surface area contributed by atoms with Crippen LogP contribution < -0.4 is 10.6 Å². The van der Waals surface area contributed by atoms with Gasteiger partial charge in [0.1, 0.15) is 23.7 Å². The Hall–Kier alpha value is -6.18. The molecule has 1 unspecified atom stereocenters. The number of benzene rings is 2. The lowest BCUT2D eigenvalue weighted by Crippen LogP contribution is -2.51. The maximum atomic E-state index is 13.9. The van der Waals surface area contributed by atoms with Gasteiger partial charge in [0.15, 0.2) is 0 Å². The lowest BCUT2D eigenvalue weighted by molar-refractivity contribution is -0.135. The molecule has 2 aromatic carbocycles. The molecule has 4 aromatic heterocycles. The van der Waals surface area contributed by atoms with Gasteiger partial charge in [-0.2, -0.15) is 0 Å². The second-order valence-electron chi connectivity index (χ2n) is 15.0. The summed E-state index contributed by atoms with van der Waals surface area (Å²) in [5, 5.41) is 5.41. The van der Waals surface area contributed by atoms with Crippen molar-refractivity contribution in [2.45, 2.75) is 63.7 Å². The van der Waals surface area contributed by atoms with E-state index in [1.54, 1.807) is 27.6 Å². The number of thiophene rings is 2. The van der Waals surface area contributed by atoms with E-state index in [0.717, 1.165) is 73.0 Å². The summed E-state index contributed by atoms with van der Waals surface area (Å²) in [6, 6.07) is 17.2. The fraction of sp³-hybridized carbons (Fsp3) is 0.349. The van der Waals surface area contributed by atoms with Crippen molar-refractivity contribution in [1.29, 1.82) is 0 Å². The molecule has 2 aliphatic rings. The Morgan fingerprint density at radius 2 is 1.51 bits per heavy atom. The van der Waals surface area contributed by atoms with Gasteiger partial charge in [0.25, 0.3) is 5.91 Å². The number of carbonyl (C=O) groups excluding carboxylic acids is 4. The minimum absolute atomic E-state index is 0.107. The molecular formula is C43H44N8O6S2. The maximum absolute atomic E-state index is 13.9. The second-order valence-corrected chi connectivity index (χ2v) is 17.1. The lowest BCUT2D eigenvalue weighted by Gasteiger charge is -2.30. The van der Waals surface area contributed by atoms with Crippen molar-refractivity contribution in [3.05, 3.63) is 94.5 Å². The van der Waals surface area contributed by atoms with Gasteiger partial charge in [-0.15, -0.1) is 22.7 Å². The molecule has 6 heterocycles. The first kappa shape index (κ1) is 39.6. The molecule has 2 aliphatic heterocycles. The Labute approximate surface area is 348 Å². The zero-order valence-electron chi connectivity index (χ0n) is 33.0. The van der Waals surface area contributed by atoms with Crippen molar-refractivity contribution in [3.63, 3.8) is 0 Å². The highest BCUT2D eigenvalue weighted by Crippen LogP contribution is 2.39. The number of likely N-dealkylation sites (tertiary alicyclic amines) is 2. The third-order valence-corrected chi connectivity index (χ3v) is 13.1. The van der Waals surface area contributed by atoms with Crippen LogP contribution in [0.25, 0.3) is 31.0 Å². The number of ether oxygens (including phenoxy) is 2. The summed E-state index contributed by atoms with van der Waals surface area (Å²) in [5.74, 6) is 7.60. The Kier molecular flexibility index (Phi) is 11.4. The molecule has 4 amide bonds. The summed E-state index contributed by atoms with van der Waals surface area (Å²) < 4.78 is 11.8. The van der Waals surface area contributed by atoms with Crippen LogP contribution in [0.4, 0.5) is 9.59 Å². The molecule has 0 radical (unpaired) electrons. The summed E-state index contributed by atoms with van der Waals surface area (Å²) in [4.78, 5) is 73.8. The first-order chi connectivity index (χ1) is 28.6. The van der Waals surface area contributed by atoms with Crippen LogP contribution >= 0.6 is 22.7 Å². The zero-order valence-corrected chi connectivity index (χ0v) is 34.7. The van der Waals surface area contributed by atoms with Gasteiger partial charge in [-0.25, -0.2) is 19.6 Å². The van der Waals surface area contributed by atoms with Gasteiger partial charge in [-0.1, -0.05) is 56.0 Å². The number of alkyl carbamates (subject to hydrolysis) is 2. The van der Waals surface area contributed by atoms with E-state index in [9.17, 15) is 19.2 Å². The number of hydrogen-bond acceptors (Lipinski definition) is 10. The van der Waals surface area contributed by atoms with E-state index in [2.05, 4.69) is 44.6 Å². The molecule has 304 valence electrons. The fourth-order valence-electron chi connectivity index (χ4n) is 7.84. The molecule has 16 heteroatoms. The molecule has 0 spiro atoms. The van der Waals surface area contributed by atoms with E-state index < -0.39 is 24.3 Å². The minimum atomic E-state index is -0.887. The first-order valence-electron chi connectivity index (χ1n) is 19.6. The van der Waals surface area contributed by atoms with Crippen molar-refractivity contribution in [3.8, 4) is 22.4 Å². The summed E-state index contributed by atoms with van der Waals surface area (Å²) in [6.45, 7) is 4.94. The number of amides is 4. The number of rotatable bonds is 9. The predicted molar refractivity (Wildman–Crippen MR) is 226 cm³/mol. The largest absolute Gasteiger partial charge is 0.453 e. The van der Waals surface area contributed by atoms with Crippen LogP contribution in [0, 0.1) is 17.8 Å². The minimum Gasteiger partial charge on any atom is -0.453 e. The molecule has 2 saturated heterocycles. The van der Waals surface area contributed by atoms with Crippen LogP contribution in [-0.2, 0) is 19.1 Å². The van der Waals surface area contributed by atoms with Gasteiger partial charge in [0, 0.05) is 28.1 Å². The van der Waals surface area contributed by atoms with E-state index in [4.69, 9.17) is 19.4 Å². The predicted octanol–water partition coefficient (Wildman–Crippen LogP) is 7.43. The third kappa shape index (κ3) is 8.26. The van der Waals surface area contributed by atoms with E-state index >= 15 is 0 Å². The van der Waals surface area contributed by atoms with Gasteiger partial charge in [0.2, 0.25) is 5.91 Å². The van der Waals surface area contributed by atoms with Crippen LogP contribution in [0.5, 0.6) is 0 Å². The molecule has 0 bridgehead atoms. The van der Waals surface area contributed by atoms with Crippen LogP contribution in [0.1, 0.15) is 85.3 Å². The molecule has 4 N–H and O–H groups in total. The summed E-state index contributed by atoms with van der Waals surface area (Å²) in [5.41, 5.74) is 4.00. The standard InChI is InChI=1S/C43H44N8O6S2/c1-24(2)36(48-42(54)56-3)40(52)50-18-8-12-31(50)38-44-23-30(47-38)33-22-35-34(59-33)21-27(58-35)16-14-25-15-17-28-29(20-25)46-39(45-28)32-13-9-19-51(32)41(53)37(49-43(55)57-4)26-10-6-5-7-11-26/h5-7,10-11,15,17,20-24,31-32,36-37H,8-9,12-13,18-19H2,1-4H3,(H,44,47)(H,45,46)(H,48,54)(H,49,55)/t31-,32?,36-,37+/m0/s1. The number of fused-ring (bicyclic) bond motifs is 2. The van der Waals surface area contributed by atoms with Crippen molar-refractivity contribution < 1.29 is 28.7 Å². The summed E-state index contributed by atoms with van der Waals surface area (Å²) in [6.07, 6.45) is 3.71.